The molecule has 160 valence electrons. The molecule has 0 bridgehead atoms. The lowest BCUT2D eigenvalue weighted by atomic mass is 10.1. The van der Waals surface area contributed by atoms with Crippen LogP contribution in [0.1, 0.15) is 43.5 Å². The Balaban J connectivity index is 1.66. The molecule has 29 heavy (non-hydrogen) atoms. The van der Waals surface area contributed by atoms with Gasteiger partial charge < -0.3 is 14.4 Å². The summed E-state index contributed by atoms with van der Waals surface area (Å²) in [5.41, 5.74) is 0.104. The number of benzene rings is 1. The second-order valence-corrected chi connectivity index (χ2v) is 9.56. The summed E-state index contributed by atoms with van der Waals surface area (Å²) in [6.07, 6.45) is 2.60. The van der Waals surface area contributed by atoms with Gasteiger partial charge in [-0.3, -0.25) is 4.79 Å². The van der Waals surface area contributed by atoms with E-state index in [2.05, 4.69) is 0 Å². The number of likely N-dealkylation sites (tertiary alicyclic amines) is 1. The molecule has 0 saturated carbocycles. The smallest absolute Gasteiger partial charge is 0.338 e. The van der Waals surface area contributed by atoms with E-state index in [9.17, 15) is 18.0 Å². The van der Waals surface area contributed by atoms with E-state index in [0.29, 0.717) is 13.1 Å². The SMILES string of the molecule is C[C@H]1CN(S(=O)(=O)c2cccc(C(=O)OCC(=O)N3CCCCC3)c2)C[C@H](C)O1. The summed E-state index contributed by atoms with van der Waals surface area (Å²) >= 11 is 0. The van der Waals surface area contributed by atoms with Crippen molar-refractivity contribution in [2.24, 2.45) is 0 Å². The van der Waals surface area contributed by atoms with Crippen LogP contribution in [-0.2, 0) is 24.3 Å². The molecule has 0 aliphatic carbocycles. The molecule has 0 unspecified atom stereocenters. The number of hydrogen-bond acceptors (Lipinski definition) is 6. The van der Waals surface area contributed by atoms with Crippen molar-refractivity contribution in [1.29, 1.82) is 0 Å². The van der Waals surface area contributed by atoms with Crippen LogP contribution in [0.15, 0.2) is 29.2 Å². The van der Waals surface area contributed by atoms with Gasteiger partial charge in [-0.1, -0.05) is 6.07 Å². The third-order valence-electron chi connectivity index (χ3n) is 5.13. The number of hydrogen-bond donors (Lipinski definition) is 0. The van der Waals surface area contributed by atoms with Gasteiger partial charge >= 0.3 is 5.97 Å². The van der Waals surface area contributed by atoms with Gasteiger partial charge in [0, 0.05) is 26.2 Å². The summed E-state index contributed by atoms with van der Waals surface area (Å²) in [5.74, 6) is -0.936. The molecular formula is C20H28N2O6S. The maximum absolute atomic E-state index is 13.0. The molecule has 2 saturated heterocycles. The Morgan fingerprint density at radius 1 is 1.10 bits per heavy atom. The fourth-order valence-corrected chi connectivity index (χ4v) is 5.34. The van der Waals surface area contributed by atoms with Crippen LogP contribution in [0.3, 0.4) is 0 Å². The van der Waals surface area contributed by atoms with Crippen LogP contribution in [-0.4, -0.2) is 74.5 Å². The van der Waals surface area contributed by atoms with Crippen LogP contribution in [0.25, 0.3) is 0 Å². The van der Waals surface area contributed by atoms with Gasteiger partial charge in [0.25, 0.3) is 5.91 Å². The van der Waals surface area contributed by atoms with Crippen molar-refractivity contribution in [2.45, 2.75) is 50.2 Å². The molecule has 2 heterocycles. The number of sulfonamides is 1. The highest BCUT2D eigenvalue weighted by Crippen LogP contribution is 2.22. The second kappa shape index (κ2) is 9.23. The molecule has 0 aromatic heterocycles. The molecule has 2 aliphatic rings. The number of carbonyl (C=O) groups excluding carboxylic acids is 2. The minimum Gasteiger partial charge on any atom is -0.452 e. The Kier molecular flexibility index (Phi) is 6.92. The summed E-state index contributed by atoms with van der Waals surface area (Å²) < 4.78 is 38.1. The van der Waals surface area contributed by atoms with E-state index in [0.717, 1.165) is 19.3 Å². The van der Waals surface area contributed by atoms with Crippen LogP contribution < -0.4 is 0 Å². The van der Waals surface area contributed by atoms with E-state index in [1.165, 1.54) is 28.6 Å². The van der Waals surface area contributed by atoms with E-state index in [1.807, 2.05) is 13.8 Å². The molecule has 1 amide bonds. The zero-order valence-electron chi connectivity index (χ0n) is 16.9. The average molecular weight is 425 g/mol. The molecule has 0 spiro atoms. The predicted molar refractivity (Wildman–Crippen MR) is 106 cm³/mol. The van der Waals surface area contributed by atoms with Gasteiger partial charge in [-0.2, -0.15) is 4.31 Å². The van der Waals surface area contributed by atoms with E-state index in [-0.39, 0.29) is 48.3 Å². The van der Waals surface area contributed by atoms with Crippen molar-refractivity contribution in [3.63, 3.8) is 0 Å². The highest BCUT2D eigenvalue weighted by molar-refractivity contribution is 7.89. The normalized spacial score (nSPS) is 23.6. The van der Waals surface area contributed by atoms with Crippen molar-refractivity contribution in [1.82, 2.24) is 9.21 Å². The molecule has 0 radical (unpaired) electrons. The van der Waals surface area contributed by atoms with Crippen molar-refractivity contribution >= 4 is 21.9 Å². The van der Waals surface area contributed by atoms with Gasteiger partial charge in [-0.05, 0) is 51.3 Å². The minimum atomic E-state index is -3.76. The molecule has 0 N–H and O–H groups in total. The van der Waals surface area contributed by atoms with E-state index < -0.39 is 16.0 Å². The summed E-state index contributed by atoms with van der Waals surface area (Å²) in [5, 5.41) is 0. The Morgan fingerprint density at radius 3 is 2.41 bits per heavy atom. The molecule has 1 aromatic carbocycles. The number of carbonyl (C=O) groups is 2. The minimum absolute atomic E-state index is 0.0237. The molecule has 9 heteroatoms. The number of piperidine rings is 1. The number of ether oxygens (including phenoxy) is 2. The second-order valence-electron chi connectivity index (χ2n) is 7.62. The van der Waals surface area contributed by atoms with Gasteiger partial charge in [0.05, 0.1) is 22.7 Å². The lowest BCUT2D eigenvalue weighted by molar-refractivity contribution is -0.135. The summed E-state index contributed by atoms with van der Waals surface area (Å²) in [7, 11) is -3.76. The number of amides is 1. The molecule has 2 atom stereocenters. The fourth-order valence-electron chi connectivity index (χ4n) is 3.70. The highest BCUT2D eigenvalue weighted by atomic mass is 32.2. The zero-order chi connectivity index (χ0) is 21.0. The summed E-state index contributed by atoms with van der Waals surface area (Å²) in [6.45, 7) is 5.18. The summed E-state index contributed by atoms with van der Waals surface area (Å²) in [4.78, 5) is 26.2. The van der Waals surface area contributed by atoms with Gasteiger partial charge in [0.1, 0.15) is 0 Å². The quantitative estimate of drug-likeness (QED) is 0.668. The first-order valence-corrected chi connectivity index (χ1v) is 11.4. The molecule has 2 fully saturated rings. The Bertz CT molecular complexity index is 840. The largest absolute Gasteiger partial charge is 0.452 e. The lowest BCUT2D eigenvalue weighted by Gasteiger charge is -2.34. The van der Waals surface area contributed by atoms with Crippen LogP contribution >= 0.6 is 0 Å². The first-order valence-electron chi connectivity index (χ1n) is 9.98. The van der Waals surface area contributed by atoms with Crippen LogP contribution in [0.2, 0.25) is 0 Å². The van der Waals surface area contributed by atoms with Gasteiger partial charge in [-0.25, -0.2) is 13.2 Å². The Morgan fingerprint density at radius 2 is 1.76 bits per heavy atom. The molecule has 1 aromatic rings. The highest BCUT2D eigenvalue weighted by Gasteiger charge is 2.32. The van der Waals surface area contributed by atoms with E-state index in [4.69, 9.17) is 9.47 Å². The van der Waals surface area contributed by atoms with Crippen molar-refractivity contribution in [3.05, 3.63) is 29.8 Å². The van der Waals surface area contributed by atoms with Crippen LogP contribution in [0.5, 0.6) is 0 Å². The standard InChI is InChI=1S/C20H28N2O6S/c1-15-12-22(13-16(2)28-15)29(25,26)18-8-6-7-17(11-18)20(24)27-14-19(23)21-9-4-3-5-10-21/h6-8,11,15-16H,3-5,9-10,12-14H2,1-2H3/t15-,16-/m0/s1. The third kappa shape index (κ3) is 5.34. The van der Waals surface area contributed by atoms with E-state index >= 15 is 0 Å². The monoisotopic (exact) mass is 424 g/mol. The molecule has 2 aliphatic heterocycles. The molecule has 3 rings (SSSR count). The number of rotatable bonds is 5. The Hall–Kier alpha value is -1.97. The third-order valence-corrected chi connectivity index (χ3v) is 6.96. The molecular weight excluding hydrogens is 396 g/mol. The van der Waals surface area contributed by atoms with E-state index in [1.54, 1.807) is 4.90 Å². The van der Waals surface area contributed by atoms with Gasteiger partial charge in [-0.15, -0.1) is 0 Å². The van der Waals surface area contributed by atoms with Crippen LogP contribution in [0, 0.1) is 0 Å². The summed E-state index contributed by atoms with van der Waals surface area (Å²) in [6, 6.07) is 5.74. The maximum atomic E-state index is 13.0. The lowest BCUT2D eigenvalue weighted by Crippen LogP contribution is -2.48. The van der Waals surface area contributed by atoms with Crippen molar-refractivity contribution in [2.75, 3.05) is 32.8 Å². The topological polar surface area (TPSA) is 93.2 Å². The number of esters is 1. The van der Waals surface area contributed by atoms with Gasteiger partial charge in [0.2, 0.25) is 10.0 Å². The number of morpholine rings is 1. The van der Waals surface area contributed by atoms with Crippen molar-refractivity contribution in [3.8, 4) is 0 Å². The average Bonchev–Trinajstić information content (AvgIpc) is 2.71. The first kappa shape index (κ1) is 21.7. The van der Waals surface area contributed by atoms with Gasteiger partial charge in [0.15, 0.2) is 6.61 Å². The van der Waals surface area contributed by atoms with Crippen LogP contribution in [0.4, 0.5) is 0 Å². The Labute approximate surface area is 171 Å². The number of nitrogens with zero attached hydrogens (tertiary/aromatic N) is 2. The maximum Gasteiger partial charge on any atom is 0.338 e. The van der Waals surface area contributed by atoms with Crippen molar-refractivity contribution < 1.29 is 27.5 Å². The molecule has 8 nitrogen and oxygen atoms in total. The fraction of sp³-hybridized carbons (Fsp3) is 0.600. The zero-order valence-corrected chi connectivity index (χ0v) is 17.7. The first-order chi connectivity index (χ1) is 13.8. The predicted octanol–water partition coefficient (Wildman–Crippen LogP) is 1.65.